The minimum absolute atomic E-state index is 0.291. The van der Waals surface area contributed by atoms with Crippen LogP contribution in [0, 0.1) is 0 Å². The molecule has 1 rings (SSSR count). The number of aromatic nitrogens is 2. The predicted molar refractivity (Wildman–Crippen MR) is 75.0 cm³/mol. The van der Waals surface area contributed by atoms with Crippen molar-refractivity contribution < 1.29 is 9.84 Å². The SMILES string of the molecule is CCCc1nc(NN)cc(N(C)CC(O)COC)n1. The maximum absolute atomic E-state index is 9.73. The molecule has 0 amide bonds. The standard InChI is InChI=1S/C12H23N5O2/c1-4-5-10-14-11(16-13)6-12(15-10)17(2)7-9(18)8-19-3/h6,9,18H,4-5,7-8,13H2,1-3H3,(H,14,15,16). The summed E-state index contributed by atoms with van der Waals surface area (Å²) in [6, 6.07) is 1.75. The largest absolute Gasteiger partial charge is 0.389 e. The van der Waals surface area contributed by atoms with Gasteiger partial charge in [-0.05, 0) is 6.42 Å². The van der Waals surface area contributed by atoms with Crippen LogP contribution < -0.4 is 16.2 Å². The van der Waals surface area contributed by atoms with Crippen LogP contribution in [0.5, 0.6) is 0 Å². The molecule has 0 aromatic carbocycles. The number of nitrogens with one attached hydrogen (secondary N) is 1. The van der Waals surface area contributed by atoms with E-state index < -0.39 is 6.10 Å². The highest BCUT2D eigenvalue weighted by Gasteiger charge is 2.12. The number of aryl methyl sites for hydroxylation is 1. The Bertz CT molecular complexity index is 388. The molecule has 0 saturated heterocycles. The predicted octanol–water partition coefficient (Wildman–Crippen LogP) is 0.158. The minimum atomic E-state index is -0.561. The lowest BCUT2D eigenvalue weighted by Gasteiger charge is -2.22. The van der Waals surface area contributed by atoms with Crippen LogP contribution in [0.15, 0.2) is 6.07 Å². The van der Waals surface area contributed by atoms with Gasteiger partial charge in [0.2, 0.25) is 0 Å². The number of nitrogens with two attached hydrogens (primary N) is 1. The summed E-state index contributed by atoms with van der Waals surface area (Å²) in [4.78, 5) is 10.6. The second-order valence-electron chi connectivity index (χ2n) is 4.41. The first-order valence-electron chi connectivity index (χ1n) is 6.33. The fourth-order valence-corrected chi connectivity index (χ4v) is 1.74. The van der Waals surface area contributed by atoms with E-state index in [1.807, 2.05) is 11.9 Å². The van der Waals surface area contributed by atoms with Crippen LogP contribution in [-0.2, 0) is 11.2 Å². The van der Waals surface area contributed by atoms with Gasteiger partial charge in [0.15, 0.2) is 0 Å². The molecular formula is C12H23N5O2. The number of hydrogen-bond donors (Lipinski definition) is 3. The highest BCUT2D eigenvalue weighted by molar-refractivity contribution is 5.48. The molecule has 7 nitrogen and oxygen atoms in total. The average molecular weight is 269 g/mol. The molecule has 19 heavy (non-hydrogen) atoms. The Labute approximate surface area is 113 Å². The van der Waals surface area contributed by atoms with Crippen LogP contribution in [0.1, 0.15) is 19.2 Å². The van der Waals surface area contributed by atoms with Crippen molar-refractivity contribution in [3.05, 3.63) is 11.9 Å². The number of hydrazine groups is 1. The van der Waals surface area contributed by atoms with Gasteiger partial charge in [-0.3, -0.25) is 0 Å². The number of nitrogens with zero attached hydrogens (tertiary/aromatic N) is 3. The molecule has 1 aromatic heterocycles. The van der Waals surface area contributed by atoms with Gasteiger partial charge in [-0.25, -0.2) is 15.8 Å². The van der Waals surface area contributed by atoms with E-state index in [4.69, 9.17) is 10.6 Å². The number of likely N-dealkylation sites (N-methyl/N-ethyl adjacent to an activating group) is 1. The molecule has 0 bridgehead atoms. The van der Waals surface area contributed by atoms with Crippen molar-refractivity contribution in [3.63, 3.8) is 0 Å². The zero-order chi connectivity index (χ0) is 14.3. The Morgan fingerprint density at radius 3 is 2.84 bits per heavy atom. The number of aliphatic hydroxyl groups excluding tert-OH is 1. The summed E-state index contributed by atoms with van der Waals surface area (Å²) in [5.74, 6) is 7.44. The van der Waals surface area contributed by atoms with Gasteiger partial charge >= 0.3 is 0 Å². The first-order valence-corrected chi connectivity index (χ1v) is 6.33. The zero-order valence-electron chi connectivity index (χ0n) is 11.8. The van der Waals surface area contributed by atoms with E-state index in [0.29, 0.717) is 19.0 Å². The van der Waals surface area contributed by atoms with Crippen molar-refractivity contribution in [2.45, 2.75) is 25.9 Å². The number of ether oxygens (including phenoxy) is 1. The van der Waals surface area contributed by atoms with E-state index in [9.17, 15) is 5.11 Å². The molecule has 0 saturated carbocycles. The second-order valence-corrected chi connectivity index (χ2v) is 4.41. The molecule has 1 heterocycles. The van der Waals surface area contributed by atoms with Crippen molar-refractivity contribution in [2.24, 2.45) is 5.84 Å². The van der Waals surface area contributed by atoms with Crippen molar-refractivity contribution in [3.8, 4) is 0 Å². The maximum Gasteiger partial charge on any atom is 0.145 e. The van der Waals surface area contributed by atoms with E-state index in [-0.39, 0.29) is 0 Å². The summed E-state index contributed by atoms with van der Waals surface area (Å²) in [5.41, 5.74) is 2.53. The molecule has 1 atom stereocenters. The van der Waals surface area contributed by atoms with Crippen LogP contribution in [0.2, 0.25) is 0 Å². The molecule has 1 aromatic rings. The van der Waals surface area contributed by atoms with E-state index >= 15 is 0 Å². The number of rotatable bonds is 8. The molecule has 0 radical (unpaired) electrons. The Hall–Kier alpha value is -1.44. The summed E-state index contributed by atoms with van der Waals surface area (Å²) in [6.07, 6.45) is 1.19. The molecule has 1 unspecified atom stereocenters. The molecule has 108 valence electrons. The van der Waals surface area contributed by atoms with Crippen LogP contribution in [-0.4, -0.2) is 48.5 Å². The van der Waals surface area contributed by atoms with Crippen LogP contribution in [0.3, 0.4) is 0 Å². The maximum atomic E-state index is 9.73. The Kier molecular flexibility index (Phi) is 6.48. The molecule has 0 aliphatic heterocycles. The number of aliphatic hydroxyl groups is 1. The Morgan fingerprint density at radius 2 is 2.26 bits per heavy atom. The fourth-order valence-electron chi connectivity index (χ4n) is 1.74. The summed E-state index contributed by atoms with van der Waals surface area (Å²) < 4.78 is 4.91. The van der Waals surface area contributed by atoms with Crippen LogP contribution >= 0.6 is 0 Å². The third kappa shape index (κ3) is 4.98. The third-order valence-electron chi connectivity index (χ3n) is 2.62. The van der Waals surface area contributed by atoms with Crippen LogP contribution in [0.4, 0.5) is 11.6 Å². The summed E-state index contributed by atoms with van der Waals surface area (Å²) >= 11 is 0. The van der Waals surface area contributed by atoms with Gasteiger partial charge < -0.3 is 20.2 Å². The number of anilines is 2. The lowest BCUT2D eigenvalue weighted by molar-refractivity contribution is 0.0694. The van der Waals surface area contributed by atoms with Crippen LogP contribution in [0.25, 0.3) is 0 Å². The first kappa shape index (κ1) is 15.6. The molecular weight excluding hydrogens is 246 g/mol. The topological polar surface area (TPSA) is 96.5 Å². The lowest BCUT2D eigenvalue weighted by atomic mass is 10.3. The number of hydrogen-bond acceptors (Lipinski definition) is 7. The molecule has 0 aliphatic carbocycles. The van der Waals surface area contributed by atoms with Gasteiger partial charge in [-0.15, -0.1) is 0 Å². The Balaban J connectivity index is 2.82. The fraction of sp³-hybridized carbons (Fsp3) is 0.667. The highest BCUT2D eigenvalue weighted by Crippen LogP contribution is 2.15. The number of nitrogen functional groups attached to an aromatic ring is 1. The highest BCUT2D eigenvalue weighted by atomic mass is 16.5. The van der Waals surface area contributed by atoms with E-state index in [1.54, 1.807) is 13.2 Å². The average Bonchev–Trinajstić information content (AvgIpc) is 2.38. The normalized spacial score (nSPS) is 12.3. The van der Waals surface area contributed by atoms with Crippen molar-refractivity contribution in [1.82, 2.24) is 9.97 Å². The minimum Gasteiger partial charge on any atom is -0.389 e. The zero-order valence-corrected chi connectivity index (χ0v) is 11.8. The van der Waals surface area contributed by atoms with Crippen molar-refractivity contribution in [2.75, 3.05) is 37.6 Å². The van der Waals surface area contributed by atoms with Gasteiger partial charge in [-0.2, -0.15) is 0 Å². The molecule has 0 spiro atoms. The molecule has 0 aliphatic rings. The smallest absolute Gasteiger partial charge is 0.145 e. The quantitative estimate of drug-likeness (QED) is 0.457. The van der Waals surface area contributed by atoms with Gasteiger partial charge in [-0.1, -0.05) is 6.92 Å². The van der Waals surface area contributed by atoms with Gasteiger partial charge in [0.05, 0.1) is 12.7 Å². The van der Waals surface area contributed by atoms with E-state index in [0.717, 1.165) is 24.5 Å². The molecule has 7 heteroatoms. The second kappa shape index (κ2) is 7.88. The van der Waals surface area contributed by atoms with Gasteiger partial charge in [0.1, 0.15) is 17.5 Å². The van der Waals surface area contributed by atoms with E-state index in [2.05, 4.69) is 22.3 Å². The summed E-state index contributed by atoms with van der Waals surface area (Å²) in [7, 11) is 3.42. The summed E-state index contributed by atoms with van der Waals surface area (Å²) in [6.45, 7) is 2.79. The van der Waals surface area contributed by atoms with Crippen molar-refractivity contribution in [1.29, 1.82) is 0 Å². The first-order chi connectivity index (χ1) is 9.10. The molecule has 0 fully saturated rings. The molecule has 4 N–H and O–H groups in total. The van der Waals surface area contributed by atoms with Gasteiger partial charge in [0, 0.05) is 33.2 Å². The van der Waals surface area contributed by atoms with Crippen molar-refractivity contribution >= 4 is 11.6 Å². The van der Waals surface area contributed by atoms with E-state index in [1.165, 1.54) is 0 Å². The summed E-state index contributed by atoms with van der Waals surface area (Å²) in [5, 5.41) is 9.73. The third-order valence-corrected chi connectivity index (χ3v) is 2.62. The van der Waals surface area contributed by atoms with Gasteiger partial charge in [0.25, 0.3) is 0 Å². The number of methoxy groups -OCH3 is 1. The Morgan fingerprint density at radius 1 is 1.53 bits per heavy atom. The lowest BCUT2D eigenvalue weighted by Crippen LogP contribution is -2.32. The monoisotopic (exact) mass is 269 g/mol.